The Morgan fingerprint density at radius 1 is 1.00 bits per heavy atom. The van der Waals surface area contributed by atoms with Gasteiger partial charge in [0.05, 0.1) is 12.9 Å². The number of ether oxygens (including phenoxy) is 3. The Balaban J connectivity index is 1.58. The maximum atomic E-state index is 14.9. The lowest BCUT2D eigenvalue weighted by atomic mass is 9.92. The van der Waals surface area contributed by atoms with E-state index >= 15 is 0 Å². The van der Waals surface area contributed by atoms with E-state index < -0.39 is 23.6 Å². The van der Waals surface area contributed by atoms with Gasteiger partial charge in [-0.05, 0) is 50.3 Å². The van der Waals surface area contributed by atoms with Gasteiger partial charge in [-0.15, -0.1) is 0 Å². The standard InChI is InChI=1S/C25H27F3O3/c1-3-5-6-7-15-8-10-19(30-14-15)18-13-17-12-16-9-11-20(29-4-2)22(27)24(16)31-25(17)23(28)21(18)26/h9,11,13-14,19H,3-8,10,12H2,1-2H3. The van der Waals surface area contributed by atoms with Gasteiger partial charge >= 0.3 is 0 Å². The van der Waals surface area contributed by atoms with Crippen molar-refractivity contribution in [2.24, 2.45) is 0 Å². The molecule has 0 radical (unpaired) electrons. The summed E-state index contributed by atoms with van der Waals surface area (Å²) in [5.74, 6) is -3.17. The summed E-state index contributed by atoms with van der Waals surface area (Å²) in [4.78, 5) is 0. The first-order valence-electron chi connectivity index (χ1n) is 11.0. The minimum Gasteiger partial charge on any atom is -0.493 e. The molecule has 6 heteroatoms. The lowest BCUT2D eigenvalue weighted by Gasteiger charge is -2.27. The smallest absolute Gasteiger partial charge is 0.207 e. The number of unbranched alkanes of at least 4 members (excludes halogenated alkanes) is 2. The fourth-order valence-electron chi connectivity index (χ4n) is 4.20. The molecule has 4 rings (SSSR count). The molecule has 0 fully saturated rings. The van der Waals surface area contributed by atoms with Gasteiger partial charge in [-0.2, -0.15) is 8.78 Å². The van der Waals surface area contributed by atoms with E-state index in [1.807, 2.05) is 0 Å². The molecule has 0 amide bonds. The van der Waals surface area contributed by atoms with Gasteiger partial charge in [0, 0.05) is 23.1 Å². The zero-order valence-electron chi connectivity index (χ0n) is 17.9. The van der Waals surface area contributed by atoms with E-state index in [0.29, 0.717) is 17.5 Å². The molecule has 166 valence electrons. The quantitative estimate of drug-likeness (QED) is 0.362. The number of fused-ring (bicyclic) bond motifs is 2. The molecule has 0 N–H and O–H groups in total. The Labute approximate surface area is 180 Å². The summed E-state index contributed by atoms with van der Waals surface area (Å²) < 4.78 is 61.1. The molecule has 2 aliphatic heterocycles. The van der Waals surface area contributed by atoms with Crippen LogP contribution in [0.25, 0.3) is 0 Å². The summed E-state index contributed by atoms with van der Waals surface area (Å²) in [5.41, 5.74) is 2.43. The van der Waals surface area contributed by atoms with Gasteiger partial charge < -0.3 is 14.2 Å². The number of rotatable bonds is 7. The van der Waals surface area contributed by atoms with Crippen LogP contribution in [0.15, 0.2) is 30.0 Å². The molecule has 0 aromatic heterocycles. The summed E-state index contributed by atoms with van der Waals surface area (Å²) in [6, 6.07) is 4.81. The van der Waals surface area contributed by atoms with Gasteiger partial charge in [-0.1, -0.05) is 25.8 Å². The monoisotopic (exact) mass is 432 g/mol. The van der Waals surface area contributed by atoms with Gasteiger partial charge in [0.15, 0.2) is 23.1 Å². The molecule has 0 saturated heterocycles. The largest absolute Gasteiger partial charge is 0.493 e. The molecule has 0 saturated carbocycles. The zero-order chi connectivity index (χ0) is 22.0. The lowest BCUT2D eigenvalue weighted by molar-refractivity contribution is 0.114. The predicted octanol–water partition coefficient (Wildman–Crippen LogP) is 7.51. The van der Waals surface area contributed by atoms with Crippen LogP contribution in [0.5, 0.6) is 17.2 Å². The van der Waals surface area contributed by atoms with Crippen molar-refractivity contribution < 1.29 is 27.4 Å². The average Bonchev–Trinajstić information content (AvgIpc) is 2.78. The number of hydrogen-bond donors (Lipinski definition) is 0. The van der Waals surface area contributed by atoms with Crippen molar-refractivity contribution in [2.75, 3.05) is 6.61 Å². The molecule has 1 unspecified atom stereocenters. The van der Waals surface area contributed by atoms with Crippen LogP contribution < -0.4 is 9.47 Å². The summed E-state index contributed by atoms with van der Waals surface area (Å²) in [7, 11) is 0. The molecular weight excluding hydrogens is 405 g/mol. The average molecular weight is 432 g/mol. The van der Waals surface area contributed by atoms with Crippen LogP contribution in [-0.2, 0) is 11.2 Å². The Morgan fingerprint density at radius 3 is 2.52 bits per heavy atom. The fourth-order valence-corrected chi connectivity index (χ4v) is 4.20. The first-order chi connectivity index (χ1) is 15.0. The molecule has 0 spiro atoms. The first kappa shape index (κ1) is 21.6. The first-order valence-corrected chi connectivity index (χ1v) is 11.0. The van der Waals surface area contributed by atoms with E-state index in [1.165, 1.54) is 18.1 Å². The molecular formula is C25H27F3O3. The highest BCUT2D eigenvalue weighted by Gasteiger charge is 2.31. The van der Waals surface area contributed by atoms with E-state index in [-0.39, 0.29) is 35.8 Å². The van der Waals surface area contributed by atoms with Gasteiger partial charge in [0.1, 0.15) is 6.10 Å². The maximum absolute atomic E-state index is 14.9. The van der Waals surface area contributed by atoms with Crippen LogP contribution in [0.3, 0.4) is 0 Å². The van der Waals surface area contributed by atoms with Crippen molar-refractivity contribution in [3.05, 3.63) is 64.2 Å². The molecule has 3 nitrogen and oxygen atoms in total. The molecule has 0 bridgehead atoms. The second kappa shape index (κ2) is 9.25. The summed E-state index contributed by atoms with van der Waals surface area (Å²) in [6.45, 7) is 4.18. The molecule has 0 aliphatic carbocycles. The number of hydrogen-bond acceptors (Lipinski definition) is 3. The number of allylic oxidation sites excluding steroid dienone is 1. The van der Waals surface area contributed by atoms with Crippen LogP contribution >= 0.6 is 0 Å². The van der Waals surface area contributed by atoms with E-state index in [1.54, 1.807) is 25.3 Å². The maximum Gasteiger partial charge on any atom is 0.207 e. The van der Waals surface area contributed by atoms with Crippen LogP contribution in [0.2, 0.25) is 0 Å². The highest BCUT2D eigenvalue weighted by Crippen LogP contribution is 2.45. The third kappa shape index (κ3) is 4.25. The zero-order valence-corrected chi connectivity index (χ0v) is 17.9. The van der Waals surface area contributed by atoms with Gasteiger partial charge in [-0.25, -0.2) is 4.39 Å². The molecule has 2 aliphatic rings. The SMILES string of the molecule is CCCCCC1=COC(c2cc3c(c(F)c2F)Oc2c(ccc(OCC)c2F)C3)CC1. The van der Waals surface area contributed by atoms with Crippen molar-refractivity contribution >= 4 is 0 Å². The molecule has 31 heavy (non-hydrogen) atoms. The number of benzene rings is 2. The minimum atomic E-state index is -1.11. The predicted molar refractivity (Wildman–Crippen MR) is 112 cm³/mol. The Kier molecular flexibility index (Phi) is 6.44. The highest BCUT2D eigenvalue weighted by molar-refractivity contribution is 5.55. The van der Waals surface area contributed by atoms with Crippen LogP contribution in [-0.4, -0.2) is 6.61 Å². The Hall–Kier alpha value is -2.63. The topological polar surface area (TPSA) is 27.7 Å². The van der Waals surface area contributed by atoms with E-state index in [2.05, 4.69) is 6.92 Å². The van der Waals surface area contributed by atoms with E-state index in [0.717, 1.165) is 25.7 Å². The third-order valence-corrected chi connectivity index (χ3v) is 5.87. The van der Waals surface area contributed by atoms with Crippen molar-refractivity contribution in [3.8, 4) is 17.2 Å². The molecule has 2 aromatic carbocycles. The molecule has 2 heterocycles. The summed E-state index contributed by atoms with van der Waals surface area (Å²) >= 11 is 0. The summed E-state index contributed by atoms with van der Waals surface area (Å²) in [5, 5.41) is 0. The second-order valence-corrected chi connectivity index (χ2v) is 8.06. The molecule has 2 aromatic rings. The van der Waals surface area contributed by atoms with Crippen LogP contribution in [0.4, 0.5) is 13.2 Å². The van der Waals surface area contributed by atoms with Crippen LogP contribution in [0.1, 0.15) is 75.2 Å². The van der Waals surface area contributed by atoms with Crippen molar-refractivity contribution in [1.29, 1.82) is 0 Å². The van der Waals surface area contributed by atoms with Gasteiger partial charge in [0.2, 0.25) is 11.6 Å². The number of halogens is 3. The summed E-state index contributed by atoms with van der Waals surface area (Å²) in [6.07, 6.45) is 7.19. The van der Waals surface area contributed by atoms with Crippen LogP contribution in [0, 0.1) is 17.5 Å². The fraction of sp³-hybridized carbons (Fsp3) is 0.440. The van der Waals surface area contributed by atoms with Gasteiger partial charge in [-0.3, -0.25) is 0 Å². The molecule has 1 atom stereocenters. The highest BCUT2D eigenvalue weighted by atomic mass is 19.2. The normalized spacial score (nSPS) is 17.2. The lowest BCUT2D eigenvalue weighted by Crippen LogP contribution is -2.14. The van der Waals surface area contributed by atoms with Gasteiger partial charge in [0.25, 0.3) is 0 Å². The minimum absolute atomic E-state index is 0.0272. The third-order valence-electron chi connectivity index (χ3n) is 5.87. The second-order valence-electron chi connectivity index (χ2n) is 8.06. The van der Waals surface area contributed by atoms with E-state index in [9.17, 15) is 13.2 Å². The Morgan fingerprint density at radius 2 is 1.81 bits per heavy atom. The van der Waals surface area contributed by atoms with Crippen molar-refractivity contribution in [1.82, 2.24) is 0 Å². The van der Waals surface area contributed by atoms with Crippen molar-refractivity contribution in [2.45, 2.75) is 64.9 Å². The van der Waals surface area contributed by atoms with E-state index in [4.69, 9.17) is 14.2 Å². The Bertz CT molecular complexity index is 1000. The van der Waals surface area contributed by atoms with Crippen molar-refractivity contribution in [3.63, 3.8) is 0 Å².